The molecule has 0 aliphatic rings. The van der Waals surface area contributed by atoms with E-state index in [4.69, 9.17) is 0 Å². The van der Waals surface area contributed by atoms with Crippen molar-refractivity contribution >= 4 is 23.1 Å². The zero-order valence-corrected chi connectivity index (χ0v) is 7.82. The van der Waals surface area contributed by atoms with Gasteiger partial charge in [0.1, 0.15) is 11.4 Å². The Labute approximate surface area is 87.2 Å². The van der Waals surface area contributed by atoms with E-state index >= 15 is 0 Å². The molecular weight excluding hydrogens is 234 g/mol. The Morgan fingerprint density at radius 1 is 1.33 bits per heavy atom. The largest absolute Gasteiger partial charge is 0.573 e. The van der Waals surface area contributed by atoms with Gasteiger partial charge in [-0.2, -0.15) is 4.99 Å². The number of benzene rings is 1. The van der Waals surface area contributed by atoms with Crippen molar-refractivity contribution in [2.24, 2.45) is 4.99 Å². The summed E-state index contributed by atoms with van der Waals surface area (Å²) in [6.07, 6.45) is -4.85. The first-order chi connectivity index (χ1) is 6.92. The molecule has 0 bridgehead atoms. The Morgan fingerprint density at radius 3 is 2.47 bits per heavy atom. The zero-order valence-electron chi connectivity index (χ0n) is 7.01. The summed E-state index contributed by atoms with van der Waals surface area (Å²) in [5, 5.41) is 1.90. The van der Waals surface area contributed by atoms with Crippen LogP contribution in [0.5, 0.6) is 5.75 Å². The predicted octanol–water partition coefficient (Wildman–Crippen LogP) is 3.46. The summed E-state index contributed by atoms with van der Waals surface area (Å²) >= 11 is 4.22. The highest BCUT2D eigenvalue weighted by atomic mass is 32.1. The topological polar surface area (TPSA) is 21.6 Å². The highest BCUT2D eigenvalue weighted by Crippen LogP contribution is 2.27. The van der Waals surface area contributed by atoms with E-state index in [9.17, 15) is 17.6 Å². The predicted molar refractivity (Wildman–Crippen MR) is 47.8 cm³/mol. The second-order valence-corrected chi connectivity index (χ2v) is 2.55. The maximum Gasteiger partial charge on any atom is 0.573 e. The molecule has 0 amide bonds. The number of hydrogen-bond donors (Lipinski definition) is 0. The number of hydrogen-bond acceptors (Lipinski definition) is 3. The lowest BCUT2D eigenvalue weighted by Crippen LogP contribution is -2.17. The molecule has 0 unspecified atom stereocenters. The van der Waals surface area contributed by atoms with Crippen molar-refractivity contribution in [2.45, 2.75) is 6.36 Å². The van der Waals surface area contributed by atoms with Crippen LogP contribution in [0, 0.1) is 5.82 Å². The fourth-order valence-electron chi connectivity index (χ4n) is 0.825. The van der Waals surface area contributed by atoms with Gasteiger partial charge in [-0.25, -0.2) is 4.39 Å². The van der Waals surface area contributed by atoms with E-state index in [2.05, 4.69) is 21.9 Å². The highest BCUT2D eigenvalue weighted by molar-refractivity contribution is 7.78. The molecule has 0 aliphatic heterocycles. The van der Waals surface area contributed by atoms with Gasteiger partial charge in [-0.15, -0.1) is 13.2 Å². The normalized spacial score (nSPS) is 10.7. The van der Waals surface area contributed by atoms with Crippen LogP contribution in [-0.4, -0.2) is 11.5 Å². The molecule has 0 aromatic heterocycles. The van der Waals surface area contributed by atoms with Gasteiger partial charge in [-0.1, -0.05) is 0 Å². The minimum Gasteiger partial charge on any atom is -0.406 e. The Hall–Kier alpha value is -1.46. The molecule has 2 nitrogen and oxygen atoms in total. The number of alkyl halides is 3. The zero-order chi connectivity index (χ0) is 11.5. The number of isothiocyanates is 1. The van der Waals surface area contributed by atoms with Crippen molar-refractivity contribution in [2.75, 3.05) is 0 Å². The summed E-state index contributed by atoms with van der Waals surface area (Å²) in [5.74, 6) is -1.61. The summed E-state index contributed by atoms with van der Waals surface area (Å²) in [5.41, 5.74) is -0.195. The first kappa shape index (κ1) is 11.6. The monoisotopic (exact) mass is 237 g/mol. The summed E-state index contributed by atoms with van der Waals surface area (Å²) in [6, 6.07) is 2.51. The second kappa shape index (κ2) is 4.37. The SMILES string of the molecule is Fc1cc(OC(F)(F)F)ccc1N=C=S. The summed E-state index contributed by atoms with van der Waals surface area (Å²) in [4.78, 5) is 3.30. The molecule has 0 saturated heterocycles. The van der Waals surface area contributed by atoms with Crippen LogP contribution in [0.1, 0.15) is 0 Å². The minimum absolute atomic E-state index is 0.195. The molecule has 0 radical (unpaired) electrons. The van der Waals surface area contributed by atoms with Gasteiger partial charge >= 0.3 is 6.36 Å². The van der Waals surface area contributed by atoms with Crippen LogP contribution in [0.3, 0.4) is 0 Å². The van der Waals surface area contributed by atoms with Crippen LogP contribution < -0.4 is 4.74 Å². The third kappa shape index (κ3) is 3.65. The van der Waals surface area contributed by atoms with Crippen LogP contribution in [0.4, 0.5) is 23.2 Å². The van der Waals surface area contributed by atoms with Gasteiger partial charge in [0.2, 0.25) is 0 Å². The van der Waals surface area contributed by atoms with Crippen LogP contribution in [0.15, 0.2) is 23.2 Å². The first-order valence-electron chi connectivity index (χ1n) is 3.55. The summed E-state index contributed by atoms with van der Waals surface area (Å²) < 4.78 is 51.6. The molecule has 0 heterocycles. The number of nitrogens with zero attached hydrogens (tertiary/aromatic N) is 1. The lowest BCUT2D eigenvalue weighted by Gasteiger charge is -2.08. The number of ether oxygens (including phenoxy) is 1. The van der Waals surface area contributed by atoms with Crippen molar-refractivity contribution in [1.29, 1.82) is 0 Å². The lowest BCUT2D eigenvalue weighted by atomic mass is 10.3. The Balaban J connectivity index is 2.96. The van der Waals surface area contributed by atoms with E-state index in [0.717, 1.165) is 12.1 Å². The third-order valence-corrected chi connectivity index (χ3v) is 1.41. The molecule has 0 aliphatic carbocycles. The van der Waals surface area contributed by atoms with Gasteiger partial charge in [0, 0.05) is 6.07 Å². The number of thiocarbonyl (C=S) groups is 1. The third-order valence-electron chi connectivity index (χ3n) is 1.32. The van der Waals surface area contributed by atoms with Crippen LogP contribution in [0.2, 0.25) is 0 Å². The second-order valence-electron chi connectivity index (χ2n) is 2.36. The molecule has 0 N–H and O–H groups in total. The van der Waals surface area contributed by atoms with E-state index in [1.807, 2.05) is 5.16 Å². The molecule has 0 spiro atoms. The smallest absolute Gasteiger partial charge is 0.406 e. The average Bonchev–Trinajstić information content (AvgIpc) is 2.07. The molecular formula is C8H3F4NOS. The van der Waals surface area contributed by atoms with Crippen molar-refractivity contribution < 1.29 is 22.3 Å². The quantitative estimate of drug-likeness (QED) is 0.446. The molecule has 80 valence electrons. The molecule has 0 saturated carbocycles. The Bertz CT molecular complexity index is 412. The van der Waals surface area contributed by atoms with Gasteiger partial charge in [-0.3, -0.25) is 0 Å². The maximum atomic E-state index is 13.0. The van der Waals surface area contributed by atoms with Crippen molar-refractivity contribution in [1.82, 2.24) is 0 Å². The van der Waals surface area contributed by atoms with Crippen LogP contribution >= 0.6 is 12.2 Å². The average molecular weight is 237 g/mol. The van der Waals surface area contributed by atoms with Crippen molar-refractivity contribution in [3.05, 3.63) is 24.0 Å². The highest BCUT2D eigenvalue weighted by Gasteiger charge is 2.31. The van der Waals surface area contributed by atoms with E-state index in [1.165, 1.54) is 0 Å². The van der Waals surface area contributed by atoms with Crippen molar-refractivity contribution in [3.63, 3.8) is 0 Å². The number of halogens is 4. The van der Waals surface area contributed by atoms with Gasteiger partial charge in [0.05, 0.1) is 5.16 Å². The molecule has 7 heteroatoms. The first-order valence-corrected chi connectivity index (χ1v) is 3.96. The molecule has 1 aromatic carbocycles. The molecule has 0 atom stereocenters. The maximum absolute atomic E-state index is 13.0. The van der Waals surface area contributed by atoms with Crippen LogP contribution in [0.25, 0.3) is 0 Å². The van der Waals surface area contributed by atoms with Crippen molar-refractivity contribution in [3.8, 4) is 5.75 Å². The van der Waals surface area contributed by atoms with E-state index in [0.29, 0.717) is 6.07 Å². The standard InChI is InChI=1S/C8H3F4NOS/c9-6-3-5(14-8(10,11)12)1-2-7(6)13-4-15/h1-3H. The number of aliphatic imine (C=N–C) groups is 1. The summed E-state index contributed by atoms with van der Waals surface area (Å²) in [6.45, 7) is 0. The molecule has 1 rings (SSSR count). The van der Waals surface area contributed by atoms with Gasteiger partial charge in [-0.05, 0) is 24.4 Å². The Morgan fingerprint density at radius 2 is 2.00 bits per heavy atom. The molecule has 0 fully saturated rings. The van der Waals surface area contributed by atoms with Gasteiger partial charge in [0.25, 0.3) is 0 Å². The molecule has 15 heavy (non-hydrogen) atoms. The molecule has 1 aromatic rings. The minimum atomic E-state index is -4.85. The number of rotatable bonds is 2. The Kier molecular flexibility index (Phi) is 3.39. The van der Waals surface area contributed by atoms with E-state index < -0.39 is 17.9 Å². The van der Waals surface area contributed by atoms with Gasteiger partial charge < -0.3 is 4.74 Å². The van der Waals surface area contributed by atoms with Gasteiger partial charge in [0.15, 0.2) is 5.82 Å². The van der Waals surface area contributed by atoms with E-state index in [1.54, 1.807) is 0 Å². The fraction of sp³-hybridized carbons (Fsp3) is 0.125. The lowest BCUT2D eigenvalue weighted by molar-refractivity contribution is -0.274. The summed E-state index contributed by atoms with van der Waals surface area (Å²) in [7, 11) is 0. The fourth-order valence-corrected chi connectivity index (χ4v) is 0.923. The van der Waals surface area contributed by atoms with E-state index in [-0.39, 0.29) is 5.69 Å². The van der Waals surface area contributed by atoms with Crippen LogP contribution in [-0.2, 0) is 0 Å².